The van der Waals surface area contributed by atoms with E-state index >= 15 is 0 Å². The summed E-state index contributed by atoms with van der Waals surface area (Å²) in [6.45, 7) is 3.29. The Morgan fingerprint density at radius 1 is 1.12 bits per heavy atom. The molecule has 5 nitrogen and oxygen atoms in total. The van der Waals surface area contributed by atoms with Gasteiger partial charge in [-0.05, 0) is 25.9 Å². The van der Waals surface area contributed by atoms with Gasteiger partial charge in [0, 0.05) is 0 Å². The van der Waals surface area contributed by atoms with E-state index in [1.165, 1.54) is 56.5 Å². The van der Waals surface area contributed by atoms with E-state index in [2.05, 4.69) is 20.5 Å². The number of hydrazine groups is 1. The van der Waals surface area contributed by atoms with Crippen molar-refractivity contribution in [2.24, 2.45) is 5.84 Å². The lowest BCUT2D eigenvalue weighted by Crippen LogP contribution is -2.26. The Balaban J connectivity index is 1.86. The molecular formula is C10H19N5S. The van der Waals surface area contributed by atoms with Crippen molar-refractivity contribution in [1.29, 1.82) is 0 Å². The fraction of sp³-hybridized carbons (Fsp3) is 0.800. The van der Waals surface area contributed by atoms with Gasteiger partial charge in [0.2, 0.25) is 5.13 Å². The van der Waals surface area contributed by atoms with Crippen LogP contribution in [0.4, 0.5) is 5.13 Å². The van der Waals surface area contributed by atoms with Crippen molar-refractivity contribution < 1.29 is 0 Å². The molecule has 1 aliphatic rings. The number of nitrogen functional groups attached to an aromatic ring is 1. The number of hydrogen-bond donors (Lipinski definition) is 2. The molecule has 0 aromatic carbocycles. The number of nitrogens with one attached hydrogen (secondary N) is 1. The number of aromatic nitrogens is 2. The third-order valence-corrected chi connectivity index (χ3v) is 3.74. The monoisotopic (exact) mass is 241 g/mol. The zero-order valence-electron chi connectivity index (χ0n) is 9.48. The molecule has 2 heterocycles. The fourth-order valence-corrected chi connectivity index (χ4v) is 2.73. The fourth-order valence-electron chi connectivity index (χ4n) is 2.04. The third kappa shape index (κ3) is 3.40. The first-order chi connectivity index (χ1) is 7.88. The molecule has 1 fully saturated rings. The maximum atomic E-state index is 5.29. The molecular weight excluding hydrogens is 222 g/mol. The van der Waals surface area contributed by atoms with Gasteiger partial charge in [0.1, 0.15) is 5.01 Å². The standard InChI is InChI=1S/C10H19N5S/c11-12-10-14-13-9(16-10)8-15-6-4-2-1-3-5-7-15/h1-8,11H2,(H,12,14). The highest BCUT2D eigenvalue weighted by molar-refractivity contribution is 7.15. The number of rotatable bonds is 3. The van der Waals surface area contributed by atoms with Crippen LogP contribution in [0.1, 0.15) is 37.1 Å². The van der Waals surface area contributed by atoms with Crippen molar-refractivity contribution in [3.63, 3.8) is 0 Å². The normalized spacial score (nSPS) is 19.1. The summed E-state index contributed by atoms with van der Waals surface area (Å²) in [6.07, 6.45) is 6.74. The Hall–Kier alpha value is -0.720. The smallest absolute Gasteiger partial charge is 0.219 e. The van der Waals surface area contributed by atoms with E-state index in [1.54, 1.807) is 0 Å². The second kappa shape index (κ2) is 6.12. The summed E-state index contributed by atoms with van der Waals surface area (Å²) in [6, 6.07) is 0. The van der Waals surface area contributed by atoms with E-state index in [4.69, 9.17) is 5.84 Å². The molecule has 90 valence electrons. The first kappa shape index (κ1) is 11.8. The van der Waals surface area contributed by atoms with Crippen LogP contribution in [-0.4, -0.2) is 28.2 Å². The Bertz CT molecular complexity index is 306. The summed E-state index contributed by atoms with van der Waals surface area (Å²) in [5.41, 5.74) is 2.53. The van der Waals surface area contributed by atoms with Gasteiger partial charge in [-0.2, -0.15) is 0 Å². The number of hydrogen-bond acceptors (Lipinski definition) is 6. The SMILES string of the molecule is NNc1nnc(CN2CCCCCCC2)s1. The molecule has 1 aliphatic heterocycles. The number of anilines is 1. The number of nitrogens with zero attached hydrogens (tertiary/aromatic N) is 3. The van der Waals surface area contributed by atoms with Crippen molar-refractivity contribution in [3.8, 4) is 0 Å². The van der Waals surface area contributed by atoms with Crippen molar-refractivity contribution in [1.82, 2.24) is 15.1 Å². The molecule has 0 saturated carbocycles. The molecule has 6 heteroatoms. The highest BCUT2D eigenvalue weighted by Gasteiger charge is 2.11. The summed E-state index contributed by atoms with van der Waals surface area (Å²) in [7, 11) is 0. The summed E-state index contributed by atoms with van der Waals surface area (Å²) in [4.78, 5) is 2.47. The van der Waals surface area contributed by atoms with Gasteiger partial charge in [-0.1, -0.05) is 30.6 Å². The summed E-state index contributed by atoms with van der Waals surface area (Å²) in [5, 5.41) is 9.81. The van der Waals surface area contributed by atoms with Gasteiger partial charge in [0.15, 0.2) is 0 Å². The minimum Gasteiger partial charge on any atom is -0.298 e. The van der Waals surface area contributed by atoms with E-state index in [1.807, 2.05) is 0 Å². The molecule has 16 heavy (non-hydrogen) atoms. The second-order valence-corrected chi connectivity index (χ2v) is 5.25. The number of nitrogens with two attached hydrogens (primary N) is 1. The number of likely N-dealkylation sites (tertiary alicyclic amines) is 1. The average Bonchev–Trinajstić information content (AvgIpc) is 2.69. The summed E-state index contributed by atoms with van der Waals surface area (Å²) < 4.78 is 0. The molecule has 0 atom stereocenters. The molecule has 0 spiro atoms. The van der Waals surface area contributed by atoms with Gasteiger partial charge < -0.3 is 0 Å². The molecule has 3 N–H and O–H groups in total. The molecule has 1 saturated heterocycles. The molecule has 1 aromatic rings. The molecule has 2 rings (SSSR count). The second-order valence-electron chi connectivity index (χ2n) is 4.19. The van der Waals surface area contributed by atoms with Crippen LogP contribution >= 0.6 is 11.3 Å². The van der Waals surface area contributed by atoms with Crippen LogP contribution < -0.4 is 11.3 Å². The topological polar surface area (TPSA) is 67.1 Å². The van der Waals surface area contributed by atoms with Crippen LogP contribution in [-0.2, 0) is 6.54 Å². The highest BCUT2D eigenvalue weighted by atomic mass is 32.1. The lowest BCUT2D eigenvalue weighted by Gasteiger charge is -2.22. The van der Waals surface area contributed by atoms with E-state index in [0.717, 1.165) is 11.6 Å². The van der Waals surface area contributed by atoms with Crippen molar-refractivity contribution in [2.45, 2.75) is 38.6 Å². The quantitative estimate of drug-likeness (QED) is 0.621. The van der Waals surface area contributed by atoms with Crippen molar-refractivity contribution in [2.75, 3.05) is 18.5 Å². The van der Waals surface area contributed by atoms with E-state index in [9.17, 15) is 0 Å². The lowest BCUT2D eigenvalue weighted by molar-refractivity contribution is 0.239. The van der Waals surface area contributed by atoms with Gasteiger partial charge in [0.05, 0.1) is 6.54 Å². The predicted octanol–water partition coefficient (Wildman–Crippen LogP) is 1.59. The minimum absolute atomic E-state index is 0.696. The van der Waals surface area contributed by atoms with E-state index in [-0.39, 0.29) is 0 Å². The molecule has 1 aromatic heterocycles. The Morgan fingerprint density at radius 3 is 2.44 bits per heavy atom. The highest BCUT2D eigenvalue weighted by Crippen LogP contribution is 2.18. The van der Waals surface area contributed by atoms with Crippen molar-refractivity contribution >= 4 is 16.5 Å². The van der Waals surface area contributed by atoms with Gasteiger partial charge in [-0.3, -0.25) is 10.3 Å². The largest absolute Gasteiger partial charge is 0.298 e. The maximum Gasteiger partial charge on any atom is 0.219 e. The molecule has 0 radical (unpaired) electrons. The first-order valence-corrected chi connectivity index (χ1v) is 6.71. The maximum absolute atomic E-state index is 5.29. The van der Waals surface area contributed by atoms with Gasteiger partial charge in [-0.25, -0.2) is 5.84 Å². The zero-order valence-corrected chi connectivity index (χ0v) is 10.3. The molecule has 0 bridgehead atoms. The Labute approximate surface area is 100 Å². The minimum atomic E-state index is 0.696. The van der Waals surface area contributed by atoms with E-state index in [0.29, 0.717) is 5.13 Å². The summed E-state index contributed by atoms with van der Waals surface area (Å²) in [5.74, 6) is 5.29. The first-order valence-electron chi connectivity index (χ1n) is 5.90. The van der Waals surface area contributed by atoms with Gasteiger partial charge in [0.25, 0.3) is 0 Å². The van der Waals surface area contributed by atoms with Crippen LogP contribution in [0.2, 0.25) is 0 Å². The Morgan fingerprint density at radius 2 is 1.81 bits per heavy atom. The van der Waals surface area contributed by atoms with Crippen LogP contribution in [0.25, 0.3) is 0 Å². The van der Waals surface area contributed by atoms with Crippen LogP contribution in [0.5, 0.6) is 0 Å². The van der Waals surface area contributed by atoms with Crippen LogP contribution in [0, 0.1) is 0 Å². The van der Waals surface area contributed by atoms with Crippen molar-refractivity contribution in [3.05, 3.63) is 5.01 Å². The lowest BCUT2D eigenvalue weighted by atomic mass is 10.1. The van der Waals surface area contributed by atoms with Crippen LogP contribution in [0.3, 0.4) is 0 Å². The van der Waals surface area contributed by atoms with E-state index < -0.39 is 0 Å². The third-order valence-electron chi connectivity index (χ3n) is 2.90. The molecule has 0 unspecified atom stereocenters. The average molecular weight is 241 g/mol. The predicted molar refractivity (Wildman–Crippen MR) is 66.1 cm³/mol. The summed E-state index contributed by atoms with van der Waals surface area (Å²) >= 11 is 1.54. The zero-order chi connectivity index (χ0) is 11.2. The van der Waals surface area contributed by atoms with Crippen LogP contribution in [0.15, 0.2) is 0 Å². The van der Waals surface area contributed by atoms with Gasteiger partial charge >= 0.3 is 0 Å². The molecule has 0 amide bonds. The molecule has 0 aliphatic carbocycles. The Kier molecular flexibility index (Phi) is 4.50. The van der Waals surface area contributed by atoms with Gasteiger partial charge in [-0.15, -0.1) is 10.2 Å².